The minimum Gasteiger partial charge on any atom is -0.493 e. The number of thiophene rings is 1. The van der Waals surface area contributed by atoms with E-state index in [0.29, 0.717) is 28.9 Å². The highest BCUT2D eigenvalue weighted by atomic mass is 32.1. The molecule has 0 unspecified atom stereocenters. The van der Waals surface area contributed by atoms with E-state index in [4.69, 9.17) is 9.47 Å². The van der Waals surface area contributed by atoms with Crippen molar-refractivity contribution in [2.45, 2.75) is 26.4 Å². The minimum absolute atomic E-state index is 0.110. The molecule has 0 fully saturated rings. The summed E-state index contributed by atoms with van der Waals surface area (Å²) in [6.07, 6.45) is 0. The molecule has 0 bridgehead atoms. The third kappa shape index (κ3) is 4.89. The molecular formula is C22H23NO3S. The molecule has 1 aromatic heterocycles. The van der Waals surface area contributed by atoms with Crippen LogP contribution in [-0.2, 0) is 6.61 Å². The molecule has 2 aromatic carbocycles. The van der Waals surface area contributed by atoms with Crippen molar-refractivity contribution in [1.82, 2.24) is 0 Å². The molecule has 0 aliphatic carbocycles. The van der Waals surface area contributed by atoms with Gasteiger partial charge in [0.15, 0.2) is 11.5 Å². The van der Waals surface area contributed by atoms with E-state index in [1.807, 2.05) is 60.0 Å². The molecule has 0 saturated carbocycles. The Morgan fingerprint density at radius 3 is 2.44 bits per heavy atom. The summed E-state index contributed by atoms with van der Waals surface area (Å²) in [7, 11) is 1.61. The Kier molecular flexibility index (Phi) is 6.14. The fourth-order valence-corrected chi connectivity index (χ4v) is 3.41. The standard InChI is InChI=1S/C22H23NO3S/c1-15(2)17-8-10-18(11-9-17)23-22(24)21-12-16(14-27-21)13-26-20-7-5-4-6-19(20)25-3/h4-12,14-15H,13H2,1-3H3,(H,23,24). The fourth-order valence-electron chi connectivity index (χ4n) is 2.61. The lowest BCUT2D eigenvalue weighted by atomic mass is 10.0. The number of rotatable bonds is 7. The zero-order chi connectivity index (χ0) is 19.2. The molecular weight excluding hydrogens is 358 g/mol. The molecule has 0 aliphatic rings. The van der Waals surface area contributed by atoms with Crippen LogP contribution >= 0.6 is 11.3 Å². The van der Waals surface area contributed by atoms with Crippen LogP contribution in [0.2, 0.25) is 0 Å². The van der Waals surface area contributed by atoms with Crippen LogP contribution < -0.4 is 14.8 Å². The van der Waals surface area contributed by atoms with E-state index in [9.17, 15) is 4.79 Å². The number of methoxy groups -OCH3 is 1. The smallest absolute Gasteiger partial charge is 0.265 e. The average Bonchev–Trinajstić information content (AvgIpc) is 3.16. The van der Waals surface area contributed by atoms with Crippen molar-refractivity contribution >= 4 is 22.9 Å². The monoisotopic (exact) mass is 381 g/mol. The van der Waals surface area contributed by atoms with Gasteiger partial charge in [0.1, 0.15) is 6.61 Å². The highest BCUT2D eigenvalue weighted by Gasteiger charge is 2.11. The summed E-state index contributed by atoms with van der Waals surface area (Å²) in [5, 5.41) is 4.88. The van der Waals surface area contributed by atoms with Gasteiger partial charge in [0.05, 0.1) is 12.0 Å². The molecule has 5 heteroatoms. The van der Waals surface area contributed by atoms with Gasteiger partial charge in [-0.3, -0.25) is 4.79 Å². The Labute approximate surface area is 163 Å². The van der Waals surface area contributed by atoms with E-state index in [1.54, 1.807) is 7.11 Å². The second-order valence-corrected chi connectivity index (χ2v) is 7.40. The van der Waals surface area contributed by atoms with Crippen LogP contribution in [0.5, 0.6) is 11.5 Å². The minimum atomic E-state index is -0.110. The largest absolute Gasteiger partial charge is 0.493 e. The van der Waals surface area contributed by atoms with E-state index in [-0.39, 0.29) is 5.91 Å². The van der Waals surface area contributed by atoms with Gasteiger partial charge in [-0.05, 0) is 47.2 Å². The molecule has 1 N–H and O–H groups in total. The van der Waals surface area contributed by atoms with Gasteiger partial charge in [-0.2, -0.15) is 0 Å². The summed E-state index contributed by atoms with van der Waals surface area (Å²) in [6, 6.07) is 17.3. The zero-order valence-corrected chi connectivity index (χ0v) is 16.5. The van der Waals surface area contributed by atoms with Crippen LogP contribution in [0.1, 0.15) is 40.6 Å². The molecule has 1 heterocycles. The number of hydrogen-bond donors (Lipinski definition) is 1. The number of nitrogens with one attached hydrogen (secondary N) is 1. The van der Waals surface area contributed by atoms with Crippen molar-refractivity contribution in [3.63, 3.8) is 0 Å². The second kappa shape index (κ2) is 8.73. The highest BCUT2D eigenvalue weighted by molar-refractivity contribution is 7.12. The normalized spacial score (nSPS) is 10.7. The molecule has 0 radical (unpaired) electrons. The van der Waals surface area contributed by atoms with Gasteiger partial charge in [0.2, 0.25) is 0 Å². The topological polar surface area (TPSA) is 47.6 Å². The van der Waals surface area contributed by atoms with Gasteiger partial charge in [-0.1, -0.05) is 38.1 Å². The van der Waals surface area contributed by atoms with Crippen molar-refractivity contribution in [1.29, 1.82) is 0 Å². The number of amides is 1. The number of carbonyl (C=O) groups is 1. The third-order valence-corrected chi connectivity index (χ3v) is 5.15. The maximum atomic E-state index is 12.5. The second-order valence-electron chi connectivity index (χ2n) is 6.49. The van der Waals surface area contributed by atoms with E-state index in [2.05, 4.69) is 19.2 Å². The fraction of sp³-hybridized carbons (Fsp3) is 0.227. The van der Waals surface area contributed by atoms with Crippen LogP contribution in [0.3, 0.4) is 0 Å². The number of anilines is 1. The Morgan fingerprint density at radius 1 is 1.07 bits per heavy atom. The summed E-state index contributed by atoms with van der Waals surface area (Å²) < 4.78 is 11.1. The molecule has 0 spiro atoms. The van der Waals surface area contributed by atoms with Crippen molar-refractivity contribution in [2.75, 3.05) is 12.4 Å². The third-order valence-electron chi connectivity index (χ3n) is 4.18. The Morgan fingerprint density at radius 2 is 1.78 bits per heavy atom. The van der Waals surface area contributed by atoms with Gasteiger partial charge in [-0.25, -0.2) is 0 Å². The Hall–Kier alpha value is -2.79. The Bertz CT molecular complexity index is 900. The summed E-state index contributed by atoms with van der Waals surface area (Å²) in [6.45, 7) is 4.68. The lowest BCUT2D eigenvalue weighted by molar-refractivity contribution is 0.103. The SMILES string of the molecule is COc1ccccc1OCc1csc(C(=O)Nc2ccc(C(C)C)cc2)c1. The van der Waals surface area contributed by atoms with Crippen LogP contribution in [0.4, 0.5) is 5.69 Å². The van der Waals surface area contributed by atoms with Gasteiger partial charge < -0.3 is 14.8 Å². The Balaban J connectivity index is 1.60. The first-order chi connectivity index (χ1) is 13.1. The van der Waals surface area contributed by atoms with E-state index < -0.39 is 0 Å². The maximum Gasteiger partial charge on any atom is 0.265 e. The van der Waals surface area contributed by atoms with E-state index in [1.165, 1.54) is 16.9 Å². The van der Waals surface area contributed by atoms with Crippen LogP contribution in [0.25, 0.3) is 0 Å². The van der Waals surface area contributed by atoms with Crippen LogP contribution in [-0.4, -0.2) is 13.0 Å². The molecule has 27 heavy (non-hydrogen) atoms. The molecule has 0 aliphatic heterocycles. The van der Waals surface area contributed by atoms with Crippen molar-refractivity contribution in [2.24, 2.45) is 0 Å². The van der Waals surface area contributed by atoms with Gasteiger partial charge in [0.25, 0.3) is 5.91 Å². The zero-order valence-electron chi connectivity index (χ0n) is 15.7. The number of para-hydroxylation sites is 2. The molecule has 1 amide bonds. The molecule has 0 saturated heterocycles. The number of hydrogen-bond acceptors (Lipinski definition) is 4. The lowest BCUT2D eigenvalue weighted by Gasteiger charge is -2.09. The van der Waals surface area contributed by atoms with Crippen LogP contribution in [0, 0.1) is 0 Å². The number of ether oxygens (including phenoxy) is 2. The first kappa shape index (κ1) is 19.0. The molecule has 140 valence electrons. The summed E-state index contributed by atoms with van der Waals surface area (Å²) >= 11 is 1.41. The summed E-state index contributed by atoms with van der Waals surface area (Å²) in [5.41, 5.74) is 3.00. The van der Waals surface area contributed by atoms with Gasteiger partial charge >= 0.3 is 0 Å². The van der Waals surface area contributed by atoms with Crippen LogP contribution in [0.15, 0.2) is 60.0 Å². The number of benzene rings is 2. The van der Waals surface area contributed by atoms with Gasteiger partial charge in [-0.15, -0.1) is 11.3 Å². The predicted molar refractivity (Wildman–Crippen MR) is 110 cm³/mol. The lowest BCUT2D eigenvalue weighted by Crippen LogP contribution is -2.10. The van der Waals surface area contributed by atoms with E-state index in [0.717, 1.165) is 11.3 Å². The first-order valence-electron chi connectivity index (χ1n) is 8.81. The summed E-state index contributed by atoms with van der Waals surface area (Å²) in [5.74, 6) is 1.73. The highest BCUT2D eigenvalue weighted by Crippen LogP contribution is 2.27. The van der Waals surface area contributed by atoms with Gasteiger partial charge in [0, 0.05) is 11.3 Å². The van der Waals surface area contributed by atoms with Crippen molar-refractivity contribution in [3.05, 3.63) is 76.0 Å². The van der Waals surface area contributed by atoms with Crippen molar-refractivity contribution < 1.29 is 14.3 Å². The molecule has 4 nitrogen and oxygen atoms in total. The molecule has 0 atom stereocenters. The van der Waals surface area contributed by atoms with E-state index >= 15 is 0 Å². The number of carbonyl (C=O) groups excluding carboxylic acids is 1. The quantitative estimate of drug-likeness (QED) is 0.570. The maximum absolute atomic E-state index is 12.5. The predicted octanol–water partition coefficient (Wildman–Crippen LogP) is 5.71. The summed E-state index contributed by atoms with van der Waals surface area (Å²) in [4.78, 5) is 13.1. The van der Waals surface area contributed by atoms with Crippen molar-refractivity contribution in [3.8, 4) is 11.5 Å². The first-order valence-corrected chi connectivity index (χ1v) is 9.69. The molecule has 3 rings (SSSR count). The average molecular weight is 381 g/mol. The molecule has 3 aromatic rings.